The number of benzene rings is 2. The van der Waals surface area contributed by atoms with E-state index < -0.39 is 6.10 Å². The van der Waals surface area contributed by atoms with Crippen molar-refractivity contribution in [2.75, 3.05) is 27.3 Å². The van der Waals surface area contributed by atoms with Gasteiger partial charge in [-0.25, -0.2) is 0 Å². The van der Waals surface area contributed by atoms with Gasteiger partial charge >= 0.3 is 0 Å². The highest BCUT2D eigenvalue weighted by Crippen LogP contribution is 2.25. The number of hydrogen-bond donors (Lipinski definition) is 2. The third-order valence-electron chi connectivity index (χ3n) is 3.28. The summed E-state index contributed by atoms with van der Waals surface area (Å²) in [4.78, 5) is 13.7. The van der Waals surface area contributed by atoms with E-state index in [-0.39, 0.29) is 30.4 Å². The van der Waals surface area contributed by atoms with Gasteiger partial charge < -0.3 is 19.8 Å². The number of methoxy groups -OCH3 is 1. The number of aliphatic hydroxyl groups excluding tert-OH is 1. The minimum atomic E-state index is -0.758. The largest absolute Gasteiger partial charge is 0.507 e. The van der Waals surface area contributed by atoms with Crippen molar-refractivity contribution in [3.8, 4) is 5.75 Å². The number of hydrogen-bond acceptors (Lipinski definition) is 4. The molecule has 0 aromatic heterocycles. The molecule has 0 aliphatic heterocycles. The van der Waals surface area contributed by atoms with Gasteiger partial charge in [-0.3, -0.25) is 4.79 Å². The van der Waals surface area contributed by atoms with Crippen LogP contribution in [0.3, 0.4) is 0 Å². The maximum atomic E-state index is 12.4. The first-order valence-corrected chi connectivity index (χ1v) is 6.67. The SMILES string of the molecule is COCC(O)CN(C)C(=O)c1cc2ccccc2cc1O. The Bertz CT molecular complexity index is 641. The Kier molecular flexibility index (Phi) is 4.77. The second-order valence-electron chi connectivity index (χ2n) is 5.01. The monoisotopic (exact) mass is 289 g/mol. The fourth-order valence-electron chi connectivity index (χ4n) is 2.25. The number of fused-ring (bicyclic) bond motifs is 1. The van der Waals surface area contributed by atoms with Crippen LogP contribution in [-0.4, -0.2) is 54.4 Å². The predicted molar refractivity (Wildman–Crippen MR) is 80.5 cm³/mol. The van der Waals surface area contributed by atoms with Crippen LogP contribution < -0.4 is 0 Å². The molecule has 0 saturated heterocycles. The second kappa shape index (κ2) is 6.56. The quantitative estimate of drug-likeness (QED) is 0.877. The fraction of sp³-hybridized carbons (Fsp3) is 0.312. The lowest BCUT2D eigenvalue weighted by Gasteiger charge is -2.21. The van der Waals surface area contributed by atoms with Crippen LogP contribution in [0, 0.1) is 0 Å². The summed E-state index contributed by atoms with van der Waals surface area (Å²) in [5, 5.41) is 21.5. The zero-order valence-corrected chi connectivity index (χ0v) is 12.1. The molecule has 5 heteroatoms. The molecule has 5 nitrogen and oxygen atoms in total. The summed E-state index contributed by atoms with van der Waals surface area (Å²) >= 11 is 0. The number of likely N-dealkylation sites (N-methyl/N-ethyl adjacent to an activating group) is 1. The molecule has 0 heterocycles. The van der Waals surface area contributed by atoms with Crippen LogP contribution in [-0.2, 0) is 4.74 Å². The van der Waals surface area contributed by atoms with Crippen molar-refractivity contribution in [3.05, 3.63) is 42.0 Å². The molecule has 2 aromatic carbocycles. The molecule has 1 amide bonds. The molecule has 0 saturated carbocycles. The molecule has 1 atom stereocenters. The van der Waals surface area contributed by atoms with Crippen LogP contribution in [0.25, 0.3) is 10.8 Å². The number of nitrogens with zero attached hydrogens (tertiary/aromatic N) is 1. The lowest BCUT2D eigenvalue weighted by Crippen LogP contribution is -2.36. The van der Waals surface area contributed by atoms with Crippen molar-refractivity contribution in [2.45, 2.75) is 6.10 Å². The number of amides is 1. The average molecular weight is 289 g/mol. The summed E-state index contributed by atoms with van der Waals surface area (Å²) in [7, 11) is 3.07. The zero-order chi connectivity index (χ0) is 15.4. The number of phenols is 1. The number of phenolic OH excluding ortho intramolecular Hbond substituents is 1. The molecule has 112 valence electrons. The van der Waals surface area contributed by atoms with E-state index in [1.165, 1.54) is 12.0 Å². The summed E-state index contributed by atoms with van der Waals surface area (Å²) in [6, 6.07) is 10.7. The van der Waals surface area contributed by atoms with Crippen LogP contribution in [0.2, 0.25) is 0 Å². The fourth-order valence-corrected chi connectivity index (χ4v) is 2.25. The van der Waals surface area contributed by atoms with Gasteiger partial charge in [0.2, 0.25) is 0 Å². The third-order valence-corrected chi connectivity index (χ3v) is 3.28. The minimum Gasteiger partial charge on any atom is -0.507 e. The Balaban J connectivity index is 2.24. The molecule has 1 unspecified atom stereocenters. The third kappa shape index (κ3) is 3.51. The Morgan fingerprint density at radius 3 is 2.52 bits per heavy atom. The van der Waals surface area contributed by atoms with Gasteiger partial charge in [0.25, 0.3) is 5.91 Å². The lowest BCUT2D eigenvalue weighted by molar-refractivity contribution is 0.0379. The topological polar surface area (TPSA) is 70.0 Å². The van der Waals surface area contributed by atoms with E-state index in [4.69, 9.17) is 4.74 Å². The normalized spacial score (nSPS) is 12.3. The van der Waals surface area contributed by atoms with Crippen molar-refractivity contribution in [2.24, 2.45) is 0 Å². The van der Waals surface area contributed by atoms with Gasteiger partial charge in [0.05, 0.1) is 18.3 Å². The zero-order valence-electron chi connectivity index (χ0n) is 12.1. The molecule has 2 rings (SSSR count). The Morgan fingerprint density at radius 1 is 1.29 bits per heavy atom. The van der Waals surface area contributed by atoms with Crippen molar-refractivity contribution in [3.63, 3.8) is 0 Å². The number of carbonyl (C=O) groups excluding carboxylic acids is 1. The van der Waals surface area contributed by atoms with Crippen LogP contribution >= 0.6 is 0 Å². The first-order valence-electron chi connectivity index (χ1n) is 6.67. The van der Waals surface area contributed by atoms with E-state index >= 15 is 0 Å². The van der Waals surface area contributed by atoms with Crippen LogP contribution in [0.5, 0.6) is 5.75 Å². The number of carbonyl (C=O) groups is 1. The minimum absolute atomic E-state index is 0.0632. The van der Waals surface area contributed by atoms with Crippen LogP contribution in [0.1, 0.15) is 10.4 Å². The van der Waals surface area contributed by atoms with Gasteiger partial charge in [-0.15, -0.1) is 0 Å². The maximum Gasteiger partial charge on any atom is 0.257 e. The summed E-state index contributed by atoms with van der Waals surface area (Å²) in [6.45, 7) is 0.292. The van der Waals surface area contributed by atoms with E-state index in [0.29, 0.717) is 0 Å². The van der Waals surface area contributed by atoms with Gasteiger partial charge in [0.15, 0.2) is 0 Å². The van der Waals surface area contributed by atoms with Gasteiger partial charge in [-0.1, -0.05) is 24.3 Å². The average Bonchev–Trinajstić information content (AvgIpc) is 2.46. The summed E-state index contributed by atoms with van der Waals surface area (Å²) in [5.74, 6) is -0.403. The van der Waals surface area contributed by atoms with Crippen molar-refractivity contribution in [1.29, 1.82) is 0 Å². The van der Waals surface area contributed by atoms with Gasteiger partial charge in [0, 0.05) is 20.7 Å². The predicted octanol–water partition coefficient (Wildman–Crippen LogP) is 1.62. The van der Waals surface area contributed by atoms with Crippen LogP contribution in [0.4, 0.5) is 0 Å². The van der Waals surface area contributed by atoms with E-state index in [0.717, 1.165) is 10.8 Å². The smallest absolute Gasteiger partial charge is 0.257 e. The molecule has 21 heavy (non-hydrogen) atoms. The highest BCUT2D eigenvalue weighted by atomic mass is 16.5. The van der Waals surface area contributed by atoms with Gasteiger partial charge in [0.1, 0.15) is 5.75 Å². The van der Waals surface area contributed by atoms with Crippen LogP contribution in [0.15, 0.2) is 36.4 Å². The molecule has 2 aromatic rings. The van der Waals surface area contributed by atoms with Gasteiger partial charge in [-0.05, 0) is 22.9 Å². The number of rotatable bonds is 5. The molecule has 0 aliphatic rings. The molecule has 0 fully saturated rings. The first-order chi connectivity index (χ1) is 10.0. The molecule has 0 radical (unpaired) electrons. The molecular weight excluding hydrogens is 270 g/mol. The number of aromatic hydroxyl groups is 1. The summed E-state index contributed by atoms with van der Waals surface area (Å²) in [5.41, 5.74) is 0.223. The second-order valence-corrected chi connectivity index (χ2v) is 5.01. The Hall–Kier alpha value is -2.11. The Labute approximate surface area is 123 Å². The maximum absolute atomic E-state index is 12.4. The van der Waals surface area contributed by atoms with Crippen molar-refractivity contribution < 1.29 is 19.7 Å². The standard InChI is InChI=1S/C16H19NO4/c1-17(9-13(18)10-21-2)16(20)14-7-11-5-3-4-6-12(11)8-15(14)19/h3-8,13,18-19H,9-10H2,1-2H3. The molecule has 0 aliphatic carbocycles. The number of ether oxygens (including phenoxy) is 1. The lowest BCUT2D eigenvalue weighted by atomic mass is 10.0. The molecule has 0 spiro atoms. The Morgan fingerprint density at radius 2 is 1.90 bits per heavy atom. The van der Waals surface area contributed by atoms with Crippen molar-refractivity contribution in [1.82, 2.24) is 4.90 Å². The molecular formula is C16H19NO4. The molecule has 2 N–H and O–H groups in total. The molecule has 0 bridgehead atoms. The van der Waals surface area contributed by atoms with Gasteiger partial charge in [-0.2, -0.15) is 0 Å². The van der Waals surface area contributed by atoms with E-state index in [9.17, 15) is 15.0 Å². The van der Waals surface area contributed by atoms with E-state index in [1.54, 1.807) is 19.2 Å². The van der Waals surface area contributed by atoms with E-state index in [2.05, 4.69) is 0 Å². The van der Waals surface area contributed by atoms with Crippen molar-refractivity contribution >= 4 is 16.7 Å². The number of aliphatic hydroxyl groups is 1. The highest BCUT2D eigenvalue weighted by Gasteiger charge is 2.19. The highest BCUT2D eigenvalue weighted by molar-refractivity contribution is 6.01. The van der Waals surface area contributed by atoms with E-state index in [1.807, 2.05) is 24.3 Å². The summed E-state index contributed by atoms with van der Waals surface area (Å²) < 4.78 is 4.83. The first kappa shape index (κ1) is 15.3. The summed E-state index contributed by atoms with van der Waals surface area (Å²) in [6.07, 6.45) is -0.758.